The van der Waals surface area contributed by atoms with E-state index in [4.69, 9.17) is 31.1 Å². The fourth-order valence-corrected chi connectivity index (χ4v) is 1.64. The van der Waals surface area contributed by atoms with Gasteiger partial charge in [-0.3, -0.25) is 0 Å². The Kier molecular flexibility index (Phi) is 4.23. The second-order valence-electron chi connectivity index (χ2n) is 3.56. The predicted octanol–water partition coefficient (Wildman–Crippen LogP) is 2.81. The topological polar surface area (TPSA) is 77.3 Å². The maximum atomic E-state index is 9.07. The van der Waals surface area contributed by atoms with Crippen LogP contribution in [-0.2, 0) is 0 Å². The van der Waals surface area contributed by atoms with Gasteiger partial charge in [0.05, 0.1) is 25.3 Å². The van der Waals surface area contributed by atoms with E-state index in [0.717, 1.165) is 0 Å². The molecule has 102 valence electrons. The standard InChI is InChI=1S/C13H10ClN3O3/c1-18-11-6-12(19-2)17-13(16-11)20-10-5-3-4-9(14)8(10)7-15/h3-6H,1-2H3. The SMILES string of the molecule is COc1cc(OC)nc(Oc2cccc(Cl)c2C#N)n1. The number of ether oxygens (including phenoxy) is 3. The minimum absolute atomic E-state index is 0.0000309. The lowest BCUT2D eigenvalue weighted by Gasteiger charge is -2.08. The van der Waals surface area contributed by atoms with E-state index < -0.39 is 0 Å². The molecule has 0 aliphatic heterocycles. The molecule has 7 heteroatoms. The van der Waals surface area contributed by atoms with Crippen molar-refractivity contribution in [1.82, 2.24) is 9.97 Å². The van der Waals surface area contributed by atoms with Crippen molar-refractivity contribution >= 4 is 11.6 Å². The van der Waals surface area contributed by atoms with Crippen LogP contribution in [-0.4, -0.2) is 24.2 Å². The summed E-state index contributed by atoms with van der Waals surface area (Å²) in [5.41, 5.74) is 0.208. The van der Waals surface area contributed by atoms with Crippen molar-refractivity contribution in [3.05, 3.63) is 34.9 Å². The summed E-state index contributed by atoms with van der Waals surface area (Å²) >= 11 is 5.92. The molecule has 0 aliphatic carbocycles. The molecule has 0 saturated carbocycles. The minimum atomic E-state index is -0.0000309. The third-order valence-corrected chi connectivity index (χ3v) is 2.68. The molecule has 0 atom stereocenters. The highest BCUT2D eigenvalue weighted by Crippen LogP contribution is 2.29. The first-order valence-electron chi connectivity index (χ1n) is 5.51. The maximum absolute atomic E-state index is 9.07. The summed E-state index contributed by atoms with van der Waals surface area (Å²) < 4.78 is 15.5. The number of hydrogen-bond donors (Lipinski definition) is 0. The Morgan fingerprint density at radius 2 is 1.80 bits per heavy atom. The van der Waals surface area contributed by atoms with E-state index in [1.165, 1.54) is 20.3 Å². The third kappa shape index (κ3) is 2.90. The largest absolute Gasteiger partial charge is 0.481 e. The molecule has 1 heterocycles. The third-order valence-electron chi connectivity index (χ3n) is 2.37. The maximum Gasteiger partial charge on any atom is 0.328 e. The quantitative estimate of drug-likeness (QED) is 0.862. The van der Waals surface area contributed by atoms with Crippen LogP contribution in [0.5, 0.6) is 23.5 Å². The van der Waals surface area contributed by atoms with Gasteiger partial charge in [0.25, 0.3) is 0 Å². The van der Waals surface area contributed by atoms with Crippen LogP contribution in [0.4, 0.5) is 0 Å². The Morgan fingerprint density at radius 3 is 2.35 bits per heavy atom. The molecule has 6 nitrogen and oxygen atoms in total. The van der Waals surface area contributed by atoms with Crippen LogP contribution in [0, 0.1) is 11.3 Å². The van der Waals surface area contributed by atoms with Crippen LogP contribution < -0.4 is 14.2 Å². The molecule has 0 spiro atoms. The molecule has 1 aromatic carbocycles. The first kappa shape index (κ1) is 13.9. The van der Waals surface area contributed by atoms with Crippen LogP contribution in [0.3, 0.4) is 0 Å². The molecule has 2 aromatic rings. The van der Waals surface area contributed by atoms with Gasteiger partial charge in [0.15, 0.2) is 0 Å². The summed E-state index contributed by atoms with van der Waals surface area (Å²) in [6.07, 6.45) is 0. The normalized spacial score (nSPS) is 9.70. The van der Waals surface area contributed by atoms with E-state index in [0.29, 0.717) is 5.02 Å². The lowest BCUT2D eigenvalue weighted by atomic mass is 10.2. The van der Waals surface area contributed by atoms with Crippen molar-refractivity contribution in [2.45, 2.75) is 0 Å². The van der Waals surface area contributed by atoms with Crippen molar-refractivity contribution in [2.75, 3.05) is 14.2 Å². The van der Waals surface area contributed by atoms with Crippen molar-refractivity contribution in [3.63, 3.8) is 0 Å². The van der Waals surface area contributed by atoms with Crippen LogP contribution >= 0.6 is 11.6 Å². The zero-order valence-corrected chi connectivity index (χ0v) is 11.5. The lowest BCUT2D eigenvalue weighted by molar-refractivity contribution is 0.348. The molecular formula is C13H10ClN3O3. The fourth-order valence-electron chi connectivity index (χ4n) is 1.43. The first-order chi connectivity index (χ1) is 9.67. The number of methoxy groups -OCH3 is 2. The number of halogens is 1. The second kappa shape index (κ2) is 6.08. The van der Waals surface area contributed by atoms with Crippen molar-refractivity contribution in [3.8, 4) is 29.6 Å². The summed E-state index contributed by atoms with van der Waals surface area (Å²) in [6.45, 7) is 0. The Morgan fingerprint density at radius 1 is 1.15 bits per heavy atom. The number of aromatic nitrogens is 2. The molecule has 2 rings (SSSR count). The Bertz CT molecular complexity index is 648. The van der Waals surface area contributed by atoms with Gasteiger partial charge in [-0.15, -0.1) is 0 Å². The van der Waals surface area contributed by atoms with Gasteiger partial charge >= 0.3 is 6.01 Å². The number of benzene rings is 1. The summed E-state index contributed by atoms with van der Waals surface area (Å²) in [6, 6.07) is 8.33. The van der Waals surface area contributed by atoms with Crippen LogP contribution in [0.2, 0.25) is 5.02 Å². The molecule has 0 aliphatic rings. The Hall–Kier alpha value is -2.52. The van der Waals surface area contributed by atoms with Gasteiger partial charge in [0, 0.05) is 0 Å². The van der Waals surface area contributed by atoms with Crippen LogP contribution in [0.25, 0.3) is 0 Å². The van der Waals surface area contributed by atoms with Crippen molar-refractivity contribution in [1.29, 1.82) is 5.26 Å². The fraction of sp³-hybridized carbons (Fsp3) is 0.154. The molecular weight excluding hydrogens is 282 g/mol. The Labute approximate surface area is 120 Å². The summed E-state index contributed by atoms with van der Waals surface area (Å²) in [5.74, 6) is 0.829. The number of nitriles is 1. The van der Waals surface area contributed by atoms with E-state index in [2.05, 4.69) is 9.97 Å². The minimum Gasteiger partial charge on any atom is -0.481 e. The smallest absolute Gasteiger partial charge is 0.328 e. The van der Waals surface area contributed by atoms with Crippen molar-refractivity contribution < 1.29 is 14.2 Å². The van der Waals surface area contributed by atoms with Gasteiger partial charge in [-0.05, 0) is 12.1 Å². The van der Waals surface area contributed by atoms with Gasteiger partial charge in [-0.1, -0.05) is 17.7 Å². The molecule has 0 radical (unpaired) electrons. The average Bonchev–Trinajstić information content (AvgIpc) is 2.47. The van der Waals surface area contributed by atoms with Gasteiger partial charge in [-0.25, -0.2) is 0 Å². The highest BCUT2D eigenvalue weighted by Gasteiger charge is 2.12. The van der Waals surface area contributed by atoms with E-state index in [-0.39, 0.29) is 29.1 Å². The molecule has 0 unspecified atom stereocenters. The molecule has 0 N–H and O–H groups in total. The number of nitrogens with zero attached hydrogens (tertiary/aromatic N) is 3. The van der Waals surface area contributed by atoms with Gasteiger partial charge in [-0.2, -0.15) is 15.2 Å². The number of rotatable bonds is 4. The lowest BCUT2D eigenvalue weighted by Crippen LogP contribution is -1.99. The van der Waals surface area contributed by atoms with E-state index in [1.54, 1.807) is 18.2 Å². The van der Waals surface area contributed by atoms with E-state index in [1.807, 2.05) is 6.07 Å². The molecule has 1 aromatic heterocycles. The molecule has 0 bridgehead atoms. The van der Waals surface area contributed by atoms with Crippen molar-refractivity contribution in [2.24, 2.45) is 0 Å². The molecule has 0 saturated heterocycles. The van der Waals surface area contributed by atoms with E-state index >= 15 is 0 Å². The van der Waals surface area contributed by atoms with Gasteiger partial charge < -0.3 is 14.2 Å². The molecule has 0 amide bonds. The van der Waals surface area contributed by atoms with Crippen LogP contribution in [0.1, 0.15) is 5.56 Å². The molecule has 20 heavy (non-hydrogen) atoms. The average molecular weight is 292 g/mol. The Balaban J connectivity index is 2.40. The van der Waals surface area contributed by atoms with Crippen LogP contribution in [0.15, 0.2) is 24.3 Å². The second-order valence-corrected chi connectivity index (χ2v) is 3.97. The summed E-state index contributed by atoms with van der Waals surface area (Å²) in [5, 5.41) is 9.37. The monoisotopic (exact) mass is 291 g/mol. The molecule has 0 fully saturated rings. The zero-order valence-electron chi connectivity index (χ0n) is 10.8. The predicted molar refractivity (Wildman–Crippen MR) is 71.4 cm³/mol. The first-order valence-corrected chi connectivity index (χ1v) is 5.89. The zero-order chi connectivity index (χ0) is 14.5. The summed E-state index contributed by atoms with van der Waals surface area (Å²) in [4.78, 5) is 8.02. The van der Waals surface area contributed by atoms with Gasteiger partial charge in [0.2, 0.25) is 11.8 Å². The van der Waals surface area contributed by atoms with Gasteiger partial charge in [0.1, 0.15) is 17.4 Å². The highest BCUT2D eigenvalue weighted by molar-refractivity contribution is 6.31. The van der Waals surface area contributed by atoms with E-state index in [9.17, 15) is 0 Å². The number of hydrogen-bond acceptors (Lipinski definition) is 6. The summed E-state index contributed by atoms with van der Waals surface area (Å²) in [7, 11) is 2.93. The highest BCUT2D eigenvalue weighted by atomic mass is 35.5.